The molecule has 20 heavy (non-hydrogen) atoms. The van der Waals surface area contributed by atoms with Crippen LogP contribution in [-0.4, -0.2) is 11.9 Å². The van der Waals surface area contributed by atoms with E-state index in [4.69, 9.17) is 4.74 Å². The van der Waals surface area contributed by atoms with Gasteiger partial charge in [0.05, 0.1) is 0 Å². The van der Waals surface area contributed by atoms with Gasteiger partial charge in [-0.15, -0.1) is 0 Å². The molecule has 0 fully saturated rings. The van der Waals surface area contributed by atoms with E-state index in [1.165, 1.54) is 0 Å². The molecule has 0 saturated carbocycles. The molecule has 0 bridgehead atoms. The van der Waals surface area contributed by atoms with Crippen molar-refractivity contribution in [3.63, 3.8) is 0 Å². The van der Waals surface area contributed by atoms with Crippen molar-refractivity contribution in [3.8, 4) is 5.75 Å². The van der Waals surface area contributed by atoms with E-state index in [-0.39, 0.29) is 5.78 Å². The van der Waals surface area contributed by atoms with Crippen LogP contribution in [0.3, 0.4) is 0 Å². The molecule has 104 valence electrons. The molecule has 0 aliphatic carbocycles. The minimum Gasteiger partial charge on any atom is -0.483 e. The molecule has 2 heteroatoms. The quantitative estimate of drug-likeness (QED) is 0.774. The average Bonchev–Trinajstić information content (AvgIpc) is 2.37. The van der Waals surface area contributed by atoms with Crippen molar-refractivity contribution >= 4 is 5.78 Å². The number of carbonyl (C=O) groups is 1. The predicted octanol–water partition coefficient (Wildman–Crippen LogP) is 4.26. The maximum atomic E-state index is 12.3. The largest absolute Gasteiger partial charge is 0.483 e. The summed E-state index contributed by atoms with van der Waals surface area (Å²) in [5.41, 5.74) is 4.10. The number of benzene rings is 2. The van der Waals surface area contributed by atoms with E-state index in [0.29, 0.717) is 5.56 Å². The normalized spacial score (nSPS) is 12.0. The van der Waals surface area contributed by atoms with Crippen LogP contribution in [0.15, 0.2) is 42.5 Å². The van der Waals surface area contributed by atoms with Gasteiger partial charge in [-0.1, -0.05) is 35.9 Å². The molecule has 0 aliphatic rings. The molecule has 0 amide bonds. The molecule has 2 nitrogen and oxygen atoms in total. The molecule has 2 aromatic carbocycles. The first-order chi connectivity index (χ1) is 9.45. The van der Waals surface area contributed by atoms with Gasteiger partial charge >= 0.3 is 0 Å². The van der Waals surface area contributed by atoms with Crippen LogP contribution in [-0.2, 0) is 0 Å². The first kappa shape index (κ1) is 14.3. The van der Waals surface area contributed by atoms with Crippen LogP contribution in [0.4, 0.5) is 0 Å². The van der Waals surface area contributed by atoms with Gasteiger partial charge in [-0.2, -0.15) is 0 Å². The van der Waals surface area contributed by atoms with Gasteiger partial charge in [-0.05, 0) is 51.0 Å². The summed E-state index contributed by atoms with van der Waals surface area (Å²) in [5.74, 6) is 0.750. The maximum Gasteiger partial charge on any atom is 0.202 e. The Kier molecular flexibility index (Phi) is 4.23. The zero-order chi connectivity index (χ0) is 14.7. The molecule has 0 radical (unpaired) electrons. The van der Waals surface area contributed by atoms with Crippen LogP contribution < -0.4 is 4.74 Å². The fourth-order valence-electron chi connectivity index (χ4n) is 2.21. The summed E-state index contributed by atoms with van der Waals surface area (Å²) in [4.78, 5) is 12.3. The number of rotatable bonds is 4. The first-order valence-electron chi connectivity index (χ1n) is 6.81. The average molecular weight is 268 g/mol. The lowest BCUT2D eigenvalue weighted by atomic mass is 10.1. The second-order valence-electron chi connectivity index (χ2n) is 5.31. The van der Waals surface area contributed by atoms with Gasteiger partial charge < -0.3 is 4.74 Å². The zero-order valence-corrected chi connectivity index (χ0v) is 12.4. The third-order valence-corrected chi connectivity index (χ3v) is 3.21. The Balaban J connectivity index is 2.13. The molecular formula is C18H20O2. The maximum absolute atomic E-state index is 12.3. The van der Waals surface area contributed by atoms with E-state index in [1.807, 2.05) is 57.2 Å². The standard InChI is InChI=1S/C18H20O2/c1-12-5-7-16(8-6-12)18(19)15(4)20-17-10-13(2)9-14(3)11-17/h5-11,15H,1-4H3. The Morgan fingerprint density at radius 2 is 1.45 bits per heavy atom. The number of hydrogen-bond donors (Lipinski definition) is 0. The van der Waals surface area contributed by atoms with Gasteiger partial charge in [0.25, 0.3) is 0 Å². The number of carbonyl (C=O) groups excluding carboxylic acids is 1. The van der Waals surface area contributed by atoms with Gasteiger partial charge in [0.1, 0.15) is 5.75 Å². The molecule has 1 atom stereocenters. The van der Waals surface area contributed by atoms with E-state index in [9.17, 15) is 4.79 Å². The van der Waals surface area contributed by atoms with Gasteiger partial charge in [-0.3, -0.25) is 4.79 Å². The molecular weight excluding hydrogens is 248 g/mol. The van der Waals surface area contributed by atoms with E-state index >= 15 is 0 Å². The summed E-state index contributed by atoms with van der Waals surface area (Å²) in [6.45, 7) is 7.84. The highest BCUT2D eigenvalue weighted by Crippen LogP contribution is 2.19. The number of ketones is 1. The lowest BCUT2D eigenvalue weighted by Crippen LogP contribution is -2.23. The molecule has 0 aromatic heterocycles. The third-order valence-electron chi connectivity index (χ3n) is 3.21. The second-order valence-corrected chi connectivity index (χ2v) is 5.31. The summed E-state index contributed by atoms with van der Waals surface area (Å²) in [5, 5.41) is 0. The van der Waals surface area contributed by atoms with Crippen LogP contribution in [0.2, 0.25) is 0 Å². The summed E-state index contributed by atoms with van der Waals surface area (Å²) < 4.78 is 5.77. The Morgan fingerprint density at radius 3 is 2.00 bits per heavy atom. The van der Waals surface area contributed by atoms with Crippen LogP contribution in [0.25, 0.3) is 0 Å². The fourth-order valence-corrected chi connectivity index (χ4v) is 2.21. The minimum atomic E-state index is -0.487. The van der Waals surface area contributed by atoms with E-state index in [1.54, 1.807) is 6.92 Å². The Hall–Kier alpha value is -2.09. The fraction of sp³-hybridized carbons (Fsp3) is 0.278. The van der Waals surface area contributed by atoms with Crippen LogP contribution >= 0.6 is 0 Å². The predicted molar refractivity (Wildman–Crippen MR) is 81.5 cm³/mol. The molecule has 0 heterocycles. The lowest BCUT2D eigenvalue weighted by Gasteiger charge is -2.15. The van der Waals surface area contributed by atoms with Crippen molar-refractivity contribution in [2.45, 2.75) is 33.8 Å². The van der Waals surface area contributed by atoms with Gasteiger partial charge in [0.2, 0.25) is 5.78 Å². The highest BCUT2D eigenvalue weighted by molar-refractivity contribution is 5.99. The smallest absolute Gasteiger partial charge is 0.202 e. The van der Waals surface area contributed by atoms with E-state index < -0.39 is 6.10 Å². The topological polar surface area (TPSA) is 26.3 Å². The summed E-state index contributed by atoms with van der Waals surface area (Å²) in [6, 6.07) is 13.6. The molecule has 2 rings (SSSR count). The second kappa shape index (κ2) is 5.91. The van der Waals surface area contributed by atoms with Gasteiger partial charge in [0.15, 0.2) is 6.10 Å². The SMILES string of the molecule is Cc1ccc(C(=O)C(C)Oc2cc(C)cc(C)c2)cc1. The van der Waals surface area contributed by atoms with Crippen molar-refractivity contribution in [2.24, 2.45) is 0 Å². The van der Waals surface area contributed by atoms with Gasteiger partial charge in [-0.25, -0.2) is 0 Å². The number of ether oxygens (including phenoxy) is 1. The molecule has 0 saturated heterocycles. The first-order valence-corrected chi connectivity index (χ1v) is 6.81. The van der Waals surface area contributed by atoms with Crippen molar-refractivity contribution in [3.05, 3.63) is 64.7 Å². The van der Waals surface area contributed by atoms with Crippen molar-refractivity contribution < 1.29 is 9.53 Å². The Bertz CT molecular complexity index is 592. The number of hydrogen-bond acceptors (Lipinski definition) is 2. The minimum absolute atomic E-state index is 0.00385. The van der Waals surface area contributed by atoms with Crippen LogP contribution in [0.1, 0.15) is 34.0 Å². The lowest BCUT2D eigenvalue weighted by molar-refractivity contribution is 0.0818. The summed E-state index contributed by atoms with van der Waals surface area (Å²) in [7, 11) is 0. The van der Waals surface area contributed by atoms with Crippen molar-refractivity contribution in [1.29, 1.82) is 0 Å². The number of Topliss-reactive ketones (excluding diaryl/α,β-unsaturated/α-hetero) is 1. The van der Waals surface area contributed by atoms with Gasteiger partial charge in [0, 0.05) is 5.56 Å². The van der Waals surface area contributed by atoms with Crippen LogP contribution in [0.5, 0.6) is 5.75 Å². The molecule has 0 aliphatic heterocycles. The van der Waals surface area contributed by atoms with Crippen LogP contribution in [0, 0.1) is 20.8 Å². The summed E-state index contributed by atoms with van der Waals surface area (Å²) in [6.07, 6.45) is -0.487. The molecule has 0 N–H and O–H groups in total. The highest BCUT2D eigenvalue weighted by atomic mass is 16.5. The van der Waals surface area contributed by atoms with Crippen molar-refractivity contribution in [2.75, 3.05) is 0 Å². The highest BCUT2D eigenvalue weighted by Gasteiger charge is 2.16. The number of aryl methyl sites for hydroxylation is 3. The van der Waals surface area contributed by atoms with Crippen molar-refractivity contribution in [1.82, 2.24) is 0 Å². The molecule has 2 aromatic rings. The van der Waals surface area contributed by atoms with E-state index in [2.05, 4.69) is 6.07 Å². The third kappa shape index (κ3) is 3.47. The van der Waals surface area contributed by atoms with E-state index in [0.717, 1.165) is 22.4 Å². The molecule has 0 spiro atoms. The molecule has 1 unspecified atom stereocenters. The summed E-state index contributed by atoms with van der Waals surface area (Å²) >= 11 is 0. The Labute approximate surface area is 120 Å². The zero-order valence-electron chi connectivity index (χ0n) is 12.4. The monoisotopic (exact) mass is 268 g/mol. The Morgan fingerprint density at radius 1 is 0.900 bits per heavy atom.